The van der Waals surface area contributed by atoms with Crippen molar-refractivity contribution in [3.8, 4) is 6.07 Å². The summed E-state index contributed by atoms with van der Waals surface area (Å²) in [5, 5.41) is 9.88. The van der Waals surface area contributed by atoms with Crippen molar-refractivity contribution in [2.45, 2.75) is 45.6 Å². The summed E-state index contributed by atoms with van der Waals surface area (Å²) in [6.07, 6.45) is 12.4. The molecule has 0 aromatic heterocycles. The quantitative estimate of drug-likeness (QED) is 0.536. The van der Waals surface area contributed by atoms with E-state index >= 15 is 0 Å². The lowest BCUT2D eigenvalue weighted by Gasteiger charge is -2.26. The van der Waals surface area contributed by atoms with E-state index < -0.39 is 0 Å². The Labute approximate surface area is 195 Å². The van der Waals surface area contributed by atoms with Crippen LogP contribution in [0.1, 0.15) is 55.7 Å². The number of nitriles is 1. The Balaban J connectivity index is 1.73. The molecule has 0 spiro atoms. The maximum absolute atomic E-state index is 9.88. The number of rotatable bonds is 8. The van der Waals surface area contributed by atoms with Gasteiger partial charge in [0.05, 0.1) is 11.6 Å². The minimum Gasteiger partial charge on any atom is -0.305 e. The molecule has 2 saturated heterocycles. The van der Waals surface area contributed by atoms with Crippen molar-refractivity contribution in [3.05, 3.63) is 65.3 Å². The van der Waals surface area contributed by atoms with Gasteiger partial charge in [0.2, 0.25) is 0 Å². The molecule has 0 bridgehead atoms. The van der Waals surface area contributed by atoms with Crippen molar-refractivity contribution < 1.29 is 0 Å². The van der Waals surface area contributed by atoms with Gasteiger partial charge in [-0.15, -0.1) is 0 Å². The summed E-state index contributed by atoms with van der Waals surface area (Å²) < 4.78 is 0. The maximum atomic E-state index is 9.88. The first-order valence-electron chi connectivity index (χ1n) is 12.3. The second-order valence-corrected chi connectivity index (χ2v) is 9.25. The van der Waals surface area contributed by atoms with E-state index in [1.165, 1.54) is 62.0 Å². The molecule has 172 valence electrons. The molecule has 4 nitrogen and oxygen atoms in total. The first kappa shape index (κ1) is 24.5. The molecule has 1 aromatic carbocycles. The van der Waals surface area contributed by atoms with Crippen LogP contribution in [-0.2, 0) is 6.54 Å². The zero-order chi connectivity index (χ0) is 22.8. The van der Waals surface area contributed by atoms with Crippen LogP contribution < -0.4 is 0 Å². The normalized spacial score (nSPS) is 20.0. The molecular weight excluding hydrogens is 392 g/mol. The third kappa shape index (κ3) is 7.17. The van der Waals surface area contributed by atoms with Gasteiger partial charge in [-0.2, -0.15) is 5.26 Å². The number of benzene rings is 1. The van der Waals surface area contributed by atoms with Crippen molar-refractivity contribution in [3.63, 3.8) is 0 Å². The van der Waals surface area contributed by atoms with Crippen LogP contribution in [0.25, 0.3) is 5.57 Å². The van der Waals surface area contributed by atoms with E-state index in [-0.39, 0.29) is 0 Å². The highest BCUT2D eigenvalue weighted by molar-refractivity contribution is 5.72. The van der Waals surface area contributed by atoms with Gasteiger partial charge in [-0.1, -0.05) is 50.3 Å². The Morgan fingerprint density at radius 1 is 1.00 bits per heavy atom. The van der Waals surface area contributed by atoms with Crippen molar-refractivity contribution in [1.82, 2.24) is 14.7 Å². The number of likely N-dealkylation sites (tertiary alicyclic amines) is 1. The van der Waals surface area contributed by atoms with Crippen LogP contribution in [0.3, 0.4) is 0 Å². The van der Waals surface area contributed by atoms with Gasteiger partial charge in [0, 0.05) is 26.2 Å². The van der Waals surface area contributed by atoms with Crippen LogP contribution in [0.4, 0.5) is 0 Å². The topological polar surface area (TPSA) is 33.5 Å². The molecule has 0 aliphatic carbocycles. The van der Waals surface area contributed by atoms with Gasteiger partial charge in [0.25, 0.3) is 0 Å². The second-order valence-electron chi connectivity index (χ2n) is 9.25. The molecule has 2 aliphatic rings. The lowest BCUT2D eigenvalue weighted by atomic mass is 9.95. The van der Waals surface area contributed by atoms with Crippen LogP contribution in [0, 0.1) is 11.3 Å². The number of hydrogen-bond acceptors (Lipinski definition) is 4. The number of piperidine rings is 1. The molecule has 2 aliphatic heterocycles. The highest BCUT2D eigenvalue weighted by Gasteiger charge is 2.14. The van der Waals surface area contributed by atoms with E-state index in [9.17, 15) is 5.26 Å². The first-order chi connectivity index (χ1) is 15.6. The van der Waals surface area contributed by atoms with E-state index in [0.717, 1.165) is 50.3 Å². The van der Waals surface area contributed by atoms with E-state index in [2.05, 4.69) is 71.7 Å². The fourth-order valence-corrected chi connectivity index (χ4v) is 4.75. The average molecular weight is 433 g/mol. The molecule has 0 radical (unpaired) electrons. The Hall–Kier alpha value is -2.19. The van der Waals surface area contributed by atoms with Crippen LogP contribution >= 0.6 is 0 Å². The second kappa shape index (κ2) is 12.7. The summed E-state index contributed by atoms with van der Waals surface area (Å²) in [6, 6.07) is 8.92. The predicted molar refractivity (Wildman–Crippen MR) is 135 cm³/mol. The smallest absolute Gasteiger partial charge is 0.0998 e. The Kier molecular flexibility index (Phi) is 9.74. The highest BCUT2D eigenvalue weighted by atomic mass is 15.2. The zero-order valence-corrected chi connectivity index (χ0v) is 20.2. The summed E-state index contributed by atoms with van der Waals surface area (Å²) in [5.41, 5.74) is 5.54. The first-order valence-corrected chi connectivity index (χ1v) is 12.3. The van der Waals surface area contributed by atoms with E-state index in [1.54, 1.807) is 0 Å². The van der Waals surface area contributed by atoms with Gasteiger partial charge >= 0.3 is 0 Å². The number of nitrogens with zero attached hydrogens (tertiary/aromatic N) is 4. The molecule has 1 aromatic rings. The summed E-state index contributed by atoms with van der Waals surface area (Å²) >= 11 is 0. The lowest BCUT2D eigenvalue weighted by molar-refractivity contribution is 0.248. The van der Waals surface area contributed by atoms with Crippen molar-refractivity contribution >= 4 is 5.57 Å². The van der Waals surface area contributed by atoms with Crippen LogP contribution in [-0.4, -0.2) is 67.6 Å². The standard InChI is InChI=1S/C28H40N4/c1-4-24(22-31-15-7-6-8-16-31)10-12-26(5-2)28-13-11-25(20-27(28)21-29)23-32-17-9-14-30(3)18-19-32/h4,10-13,20H,1,5-9,14-19,22-23H2,2-3H3/b24-10+,26-12+. The molecular formula is C28H40N4. The molecule has 0 unspecified atom stereocenters. The molecule has 0 amide bonds. The summed E-state index contributed by atoms with van der Waals surface area (Å²) in [6.45, 7) is 14.9. The Morgan fingerprint density at radius 2 is 1.78 bits per heavy atom. The van der Waals surface area contributed by atoms with Gasteiger partial charge in [-0.3, -0.25) is 9.80 Å². The van der Waals surface area contributed by atoms with Gasteiger partial charge in [0.1, 0.15) is 0 Å². The summed E-state index contributed by atoms with van der Waals surface area (Å²) in [5.74, 6) is 0. The summed E-state index contributed by atoms with van der Waals surface area (Å²) in [7, 11) is 2.20. The van der Waals surface area contributed by atoms with Crippen LogP contribution in [0.5, 0.6) is 0 Å². The minimum absolute atomic E-state index is 0.784. The number of likely N-dealkylation sites (N-methyl/N-ethyl adjacent to an activating group) is 1. The van der Waals surface area contributed by atoms with Gasteiger partial charge in [0.15, 0.2) is 0 Å². The minimum atomic E-state index is 0.784. The van der Waals surface area contributed by atoms with Crippen LogP contribution in [0.15, 0.2) is 48.6 Å². The Morgan fingerprint density at radius 3 is 2.50 bits per heavy atom. The number of hydrogen-bond donors (Lipinski definition) is 0. The van der Waals surface area contributed by atoms with Gasteiger partial charge in [-0.05, 0) is 87.2 Å². The highest BCUT2D eigenvalue weighted by Crippen LogP contribution is 2.24. The fraction of sp³-hybridized carbons (Fsp3) is 0.536. The van der Waals surface area contributed by atoms with Gasteiger partial charge < -0.3 is 4.90 Å². The SMILES string of the molecule is C=C/C(=C\C=C(/CC)c1ccc(CN2CCCN(C)CC2)cc1C#N)CN1CCCCC1. The largest absolute Gasteiger partial charge is 0.305 e. The molecule has 0 N–H and O–H groups in total. The maximum Gasteiger partial charge on any atom is 0.0998 e. The Bertz CT molecular complexity index is 855. The van der Waals surface area contributed by atoms with Gasteiger partial charge in [-0.25, -0.2) is 0 Å². The van der Waals surface area contributed by atoms with Crippen molar-refractivity contribution in [1.29, 1.82) is 5.26 Å². The average Bonchev–Trinajstić information content (AvgIpc) is 3.03. The monoisotopic (exact) mass is 432 g/mol. The predicted octanol–water partition coefficient (Wildman–Crippen LogP) is 5.09. The molecule has 4 heteroatoms. The van der Waals surface area contributed by atoms with Crippen molar-refractivity contribution in [2.75, 3.05) is 52.9 Å². The van der Waals surface area contributed by atoms with Crippen LogP contribution in [0.2, 0.25) is 0 Å². The molecule has 2 heterocycles. The molecule has 2 fully saturated rings. The molecule has 0 saturated carbocycles. The lowest BCUT2D eigenvalue weighted by Crippen LogP contribution is -2.31. The fourth-order valence-electron chi connectivity index (χ4n) is 4.75. The van der Waals surface area contributed by atoms with Crippen molar-refractivity contribution in [2.24, 2.45) is 0 Å². The third-order valence-corrected chi connectivity index (χ3v) is 6.77. The zero-order valence-electron chi connectivity index (χ0n) is 20.2. The molecule has 32 heavy (non-hydrogen) atoms. The van der Waals surface area contributed by atoms with E-state index in [1.807, 2.05) is 6.08 Å². The number of allylic oxidation sites excluding steroid dienone is 3. The van der Waals surface area contributed by atoms with E-state index in [0.29, 0.717) is 0 Å². The molecule has 3 rings (SSSR count). The third-order valence-electron chi connectivity index (χ3n) is 6.77. The summed E-state index contributed by atoms with van der Waals surface area (Å²) in [4.78, 5) is 7.43. The molecule has 0 atom stereocenters. The van der Waals surface area contributed by atoms with E-state index in [4.69, 9.17) is 0 Å².